The smallest absolute Gasteiger partial charge is 0.320 e. The zero-order chi connectivity index (χ0) is 18.1. The van der Waals surface area contributed by atoms with Gasteiger partial charge in [-0.25, -0.2) is 5.09 Å². The van der Waals surface area contributed by atoms with Crippen molar-refractivity contribution < 1.29 is 23.3 Å². The van der Waals surface area contributed by atoms with Crippen LogP contribution in [-0.2, 0) is 23.3 Å². The lowest BCUT2D eigenvalue weighted by Crippen LogP contribution is -2.25. The molecule has 0 radical (unpaired) electrons. The van der Waals surface area contributed by atoms with Crippen molar-refractivity contribution in [2.45, 2.75) is 59.4 Å². The summed E-state index contributed by atoms with van der Waals surface area (Å²) in [5, 5.41) is 2.98. The molecule has 0 aromatic rings. The van der Waals surface area contributed by atoms with Crippen molar-refractivity contribution in [3.8, 4) is 0 Å². The maximum Gasteiger partial charge on any atom is 0.320 e. The maximum absolute atomic E-state index is 11.7. The summed E-state index contributed by atoms with van der Waals surface area (Å²) in [4.78, 5) is 11.7. The second-order valence-corrected chi connectivity index (χ2v) is 7.48. The lowest BCUT2D eigenvalue weighted by Gasteiger charge is -2.20. The molecule has 4 atom stereocenters. The molecule has 0 aliphatic carbocycles. The molecular weight excluding hydrogens is 329 g/mol. The number of ether oxygens (including phenoxy) is 2. The molecule has 0 aromatic heterocycles. The van der Waals surface area contributed by atoms with Gasteiger partial charge < -0.3 is 18.5 Å². The standard InChI is InChI=1S/C17H30NO5P/c1-7-8-14(5)23-24(18-10-17(19)21-12(2)3)20-11-16-9-13(4)15(6)22-16/h7-8,12-13,15-16,18H,1,9-11H2,2-6H3/b14-8+. The molecule has 6 nitrogen and oxygen atoms in total. The van der Waals surface area contributed by atoms with Crippen LogP contribution < -0.4 is 5.09 Å². The molecular formula is C17H30NO5P. The van der Waals surface area contributed by atoms with E-state index in [-0.39, 0.29) is 30.8 Å². The van der Waals surface area contributed by atoms with Crippen molar-refractivity contribution in [1.29, 1.82) is 0 Å². The van der Waals surface area contributed by atoms with E-state index in [9.17, 15) is 4.79 Å². The highest BCUT2D eigenvalue weighted by Crippen LogP contribution is 2.38. The molecule has 0 spiro atoms. The Kier molecular flexibility index (Phi) is 9.52. The van der Waals surface area contributed by atoms with E-state index in [2.05, 4.69) is 25.5 Å². The van der Waals surface area contributed by atoms with Crippen LogP contribution in [0.25, 0.3) is 0 Å². The monoisotopic (exact) mass is 359 g/mol. The van der Waals surface area contributed by atoms with Gasteiger partial charge in [-0.1, -0.05) is 19.6 Å². The van der Waals surface area contributed by atoms with Gasteiger partial charge in [0.25, 0.3) is 0 Å². The predicted molar refractivity (Wildman–Crippen MR) is 95.3 cm³/mol. The summed E-state index contributed by atoms with van der Waals surface area (Å²) in [6.07, 6.45) is 4.48. The summed E-state index contributed by atoms with van der Waals surface area (Å²) in [5.74, 6) is 0.839. The maximum atomic E-state index is 11.7. The number of carbonyl (C=O) groups is 1. The summed E-state index contributed by atoms with van der Waals surface area (Å²) in [6, 6.07) is 0. The van der Waals surface area contributed by atoms with E-state index >= 15 is 0 Å². The third-order valence-corrected chi connectivity index (χ3v) is 4.77. The van der Waals surface area contributed by atoms with Gasteiger partial charge in [-0.15, -0.1) is 0 Å². The summed E-state index contributed by atoms with van der Waals surface area (Å²) in [7, 11) is -1.46. The average molecular weight is 359 g/mol. The van der Waals surface area contributed by atoms with Crippen molar-refractivity contribution in [2.24, 2.45) is 5.92 Å². The summed E-state index contributed by atoms with van der Waals surface area (Å²) in [6.45, 7) is 13.8. The normalized spacial score (nSPS) is 25.6. The molecule has 7 heteroatoms. The molecule has 1 rings (SSSR count). The Labute approximate surface area is 146 Å². The third-order valence-electron chi connectivity index (χ3n) is 3.52. The summed E-state index contributed by atoms with van der Waals surface area (Å²) < 4.78 is 22.5. The number of esters is 1. The second-order valence-electron chi connectivity index (χ2n) is 6.21. The first kappa shape index (κ1) is 21.1. The van der Waals surface area contributed by atoms with Crippen LogP contribution in [0.2, 0.25) is 0 Å². The zero-order valence-electron chi connectivity index (χ0n) is 15.3. The predicted octanol–water partition coefficient (Wildman–Crippen LogP) is 3.69. The van der Waals surface area contributed by atoms with E-state index in [0.29, 0.717) is 18.3 Å². The largest absolute Gasteiger partial charge is 0.462 e. The van der Waals surface area contributed by atoms with Crippen LogP contribution >= 0.6 is 8.53 Å². The Balaban J connectivity index is 2.49. The molecule has 0 saturated carbocycles. The highest BCUT2D eigenvalue weighted by atomic mass is 31.2. The Morgan fingerprint density at radius 2 is 2.17 bits per heavy atom. The number of carbonyl (C=O) groups excluding carboxylic acids is 1. The van der Waals surface area contributed by atoms with Gasteiger partial charge in [0.1, 0.15) is 12.3 Å². The Morgan fingerprint density at radius 3 is 2.71 bits per heavy atom. The zero-order valence-corrected chi connectivity index (χ0v) is 16.2. The van der Waals surface area contributed by atoms with E-state index in [0.717, 1.165) is 6.42 Å². The number of nitrogens with one attached hydrogen (secondary N) is 1. The first-order valence-electron chi connectivity index (χ1n) is 8.30. The van der Waals surface area contributed by atoms with Gasteiger partial charge in [-0.2, -0.15) is 0 Å². The average Bonchev–Trinajstić information content (AvgIpc) is 2.80. The second kappa shape index (κ2) is 10.8. The van der Waals surface area contributed by atoms with Gasteiger partial charge in [0.2, 0.25) is 0 Å². The quantitative estimate of drug-likeness (QED) is 0.278. The number of hydrogen-bond donors (Lipinski definition) is 1. The van der Waals surface area contributed by atoms with E-state index in [1.54, 1.807) is 12.2 Å². The molecule has 1 aliphatic rings. The highest BCUT2D eigenvalue weighted by Gasteiger charge is 2.30. The fraction of sp³-hybridized carbons (Fsp3) is 0.706. The molecule has 4 unspecified atom stereocenters. The number of allylic oxidation sites excluding steroid dienone is 3. The fourth-order valence-corrected chi connectivity index (χ4v) is 3.31. The molecule has 0 aromatic carbocycles. The molecule has 1 fully saturated rings. The highest BCUT2D eigenvalue weighted by molar-refractivity contribution is 7.45. The minimum absolute atomic E-state index is 0.0313. The minimum atomic E-state index is -1.46. The van der Waals surface area contributed by atoms with Crippen molar-refractivity contribution in [3.63, 3.8) is 0 Å². The molecule has 1 saturated heterocycles. The number of rotatable bonds is 10. The van der Waals surface area contributed by atoms with Crippen LogP contribution in [0, 0.1) is 5.92 Å². The Bertz CT molecular complexity index is 431. The molecule has 1 aliphatic heterocycles. The summed E-state index contributed by atoms with van der Waals surface area (Å²) >= 11 is 0. The van der Waals surface area contributed by atoms with Crippen molar-refractivity contribution in [2.75, 3.05) is 13.2 Å². The van der Waals surface area contributed by atoms with E-state index in [1.165, 1.54) is 0 Å². The van der Waals surface area contributed by atoms with Gasteiger partial charge >= 0.3 is 14.5 Å². The molecule has 24 heavy (non-hydrogen) atoms. The lowest BCUT2D eigenvalue weighted by atomic mass is 10.0. The Hall–Kier alpha value is -0.940. The van der Waals surface area contributed by atoms with Gasteiger partial charge in [-0.05, 0) is 46.1 Å². The van der Waals surface area contributed by atoms with Crippen LogP contribution in [0.15, 0.2) is 24.5 Å². The molecule has 0 amide bonds. The van der Waals surface area contributed by atoms with Crippen LogP contribution in [0.5, 0.6) is 0 Å². The lowest BCUT2D eigenvalue weighted by molar-refractivity contribution is -0.145. The molecule has 1 N–H and O–H groups in total. The van der Waals surface area contributed by atoms with Crippen LogP contribution in [-0.4, -0.2) is 37.4 Å². The van der Waals surface area contributed by atoms with E-state index in [1.807, 2.05) is 20.8 Å². The first-order valence-corrected chi connectivity index (χ1v) is 9.48. The van der Waals surface area contributed by atoms with Crippen LogP contribution in [0.4, 0.5) is 0 Å². The third kappa shape index (κ3) is 8.25. The molecule has 1 heterocycles. The van der Waals surface area contributed by atoms with E-state index < -0.39 is 8.53 Å². The SMILES string of the molecule is C=C/C=C(\C)OP(NCC(=O)OC(C)C)OCC1CC(C)C(C)O1. The Morgan fingerprint density at radius 1 is 1.46 bits per heavy atom. The minimum Gasteiger partial charge on any atom is -0.462 e. The summed E-state index contributed by atoms with van der Waals surface area (Å²) in [5.41, 5.74) is 0. The number of hydrogen-bond acceptors (Lipinski definition) is 6. The van der Waals surface area contributed by atoms with Crippen molar-refractivity contribution in [1.82, 2.24) is 5.09 Å². The van der Waals surface area contributed by atoms with Crippen LogP contribution in [0.1, 0.15) is 41.0 Å². The van der Waals surface area contributed by atoms with E-state index in [4.69, 9.17) is 18.5 Å². The first-order chi connectivity index (χ1) is 11.3. The van der Waals surface area contributed by atoms with Gasteiger partial charge in [0.15, 0.2) is 0 Å². The fourth-order valence-electron chi connectivity index (χ4n) is 2.22. The van der Waals surface area contributed by atoms with Gasteiger partial charge in [-0.3, -0.25) is 4.79 Å². The molecule has 0 bridgehead atoms. The van der Waals surface area contributed by atoms with Gasteiger partial charge in [0, 0.05) is 0 Å². The van der Waals surface area contributed by atoms with Gasteiger partial charge in [0.05, 0.1) is 24.9 Å². The topological polar surface area (TPSA) is 66.0 Å². The van der Waals surface area contributed by atoms with Crippen molar-refractivity contribution >= 4 is 14.5 Å². The van der Waals surface area contributed by atoms with Crippen LogP contribution in [0.3, 0.4) is 0 Å². The molecule has 138 valence electrons. The van der Waals surface area contributed by atoms with Crippen molar-refractivity contribution in [3.05, 3.63) is 24.5 Å².